The summed E-state index contributed by atoms with van der Waals surface area (Å²) in [6, 6.07) is 0. The standard InChI is InChI=1S/C18H34N6S/c1-4-19-17(21-14-16-15-25-18(22-16)23(2)3)20-10-9-13-24-11-7-5-6-8-12-24/h15H,4-14H2,1-3H3,(H2,19,20,21). The van der Waals surface area contributed by atoms with Crippen molar-refractivity contribution < 1.29 is 0 Å². The van der Waals surface area contributed by atoms with Crippen LogP contribution in [0.1, 0.15) is 44.7 Å². The van der Waals surface area contributed by atoms with Crippen molar-refractivity contribution in [1.29, 1.82) is 0 Å². The lowest BCUT2D eigenvalue weighted by molar-refractivity contribution is 0.282. The van der Waals surface area contributed by atoms with Crippen molar-refractivity contribution in [2.45, 2.75) is 45.6 Å². The van der Waals surface area contributed by atoms with E-state index in [1.54, 1.807) is 11.3 Å². The summed E-state index contributed by atoms with van der Waals surface area (Å²) in [6.45, 7) is 8.27. The number of likely N-dealkylation sites (tertiary alicyclic amines) is 1. The lowest BCUT2D eigenvalue weighted by atomic mass is 10.2. The van der Waals surface area contributed by atoms with Crippen LogP contribution in [-0.4, -0.2) is 62.7 Å². The summed E-state index contributed by atoms with van der Waals surface area (Å²) in [5.41, 5.74) is 1.02. The summed E-state index contributed by atoms with van der Waals surface area (Å²) in [7, 11) is 4.03. The second kappa shape index (κ2) is 11.3. The van der Waals surface area contributed by atoms with Gasteiger partial charge in [0.05, 0.1) is 12.2 Å². The van der Waals surface area contributed by atoms with Crippen LogP contribution in [-0.2, 0) is 6.54 Å². The maximum Gasteiger partial charge on any atom is 0.191 e. The van der Waals surface area contributed by atoms with Crippen LogP contribution < -0.4 is 15.5 Å². The molecule has 0 unspecified atom stereocenters. The smallest absolute Gasteiger partial charge is 0.191 e. The minimum atomic E-state index is 0.617. The molecular weight excluding hydrogens is 332 g/mol. The third-order valence-corrected chi connectivity index (χ3v) is 5.37. The van der Waals surface area contributed by atoms with Gasteiger partial charge in [-0.05, 0) is 45.8 Å². The van der Waals surface area contributed by atoms with Crippen molar-refractivity contribution in [3.8, 4) is 0 Å². The van der Waals surface area contributed by atoms with Crippen molar-refractivity contribution in [3.63, 3.8) is 0 Å². The van der Waals surface area contributed by atoms with Gasteiger partial charge in [-0.2, -0.15) is 0 Å². The van der Waals surface area contributed by atoms with Crippen LogP contribution in [0.2, 0.25) is 0 Å². The monoisotopic (exact) mass is 366 g/mol. The van der Waals surface area contributed by atoms with Crippen LogP contribution >= 0.6 is 11.3 Å². The lowest BCUT2D eigenvalue weighted by Crippen LogP contribution is -2.39. The van der Waals surface area contributed by atoms with Gasteiger partial charge in [0.1, 0.15) is 0 Å². The molecule has 142 valence electrons. The fraction of sp³-hybridized carbons (Fsp3) is 0.778. The summed E-state index contributed by atoms with van der Waals surface area (Å²) in [5, 5.41) is 9.89. The van der Waals surface area contributed by atoms with Crippen molar-refractivity contribution in [2.24, 2.45) is 4.99 Å². The summed E-state index contributed by atoms with van der Waals surface area (Å²) in [4.78, 5) is 13.9. The Bertz CT molecular complexity index is 505. The molecule has 0 amide bonds. The maximum absolute atomic E-state index is 4.66. The summed E-state index contributed by atoms with van der Waals surface area (Å²) in [6.07, 6.45) is 6.68. The number of rotatable bonds is 8. The number of anilines is 1. The average Bonchev–Trinajstić information content (AvgIpc) is 2.93. The molecule has 1 saturated heterocycles. The Morgan fingerprint density at radius 2 is 2.00 bits per heavy atom. The molecule has 6 nitrogen and oxygen atoms in total. The first-order chi connectivity index (χ1) is 12.2. The number of aliphatic imine (C=N–C) groups is 1. The van der Waals surface area contributed by atoms with E-state index in [0.717, 1.165) is 36.3 Å². The topological polar surface area (TPSA) is 55.8 Å². The largest absolute Gasteiger partial charge is 0.357 e. The normalized spacial score (nSPS) is 16.5. The molecule has 0 saturated carbocycles. The molecule has 0 spiro atoms. The summed E-state index contributed by atoms with van der Waals surface area (Å²) >= 11 is 1.66. The molecule has 0 atom stereocenters. The number of hydrogen-bond acceptors (Lipinski definition) is 5. The van der Waals surface area contributed by atoms with Crippen molar-refractivity contribution >= 4 is 22.4 Å². The van der Waals surface area contributed by atoms with Gasteiger partial charge in [-0.15, -0.1) is 11.3 Å². The highest BCUT2D eigenvalue weighted by molar-refractivity contribution is 7.13. The summed E-state index contributed by atoms with van der Waals surface area (Å²) in [5.74, 6) is 0.887. The predicted octanol–water partition coefficient (Wildman–Crippen LogP) is 2.53. The second-order valence-electron chi connectivity index (χ2n) is 6.75. The Labute approximate surface area is 156 Å². The van der Waals surface area contributed by atoms with E-state index in [1.165, 1.54) is 45.3 Å². The van der Waals surface area contributed by atoms with Gasteiger partial charge in [0.2, 0.25) is 0 Å². The highest BCUT2D eigenvalue weighted by Gasteiger charge is 2.08. The Balaban J connectivity index is 1.73. The van der Waals surface area contributed by atoms with Gasteiger partial charge in [0.15, 0.2) is 11.1 Å². The van der Waals surface area contributed by atoms with E-state index in [1.807, 2.05) is 19.0 Å². The molecule has 1 aliphatic heterocycles. The fourth-order valence-corrected chi connectivity index (χ4v) is 3.69. The molecule has 1 aromatic rings. The second-order valence-corrected chi connectivity index (χ2v) is 7.58. The molecule has 1 aliphatic rings. The third-order valence-electron chi connectivity index (χ3n) is 4.31. The van der Waals surface area contributed by atoms with Gasteiger partial charge < -0.3 is 20.4 Å². The third kappa shape index (κ3) is 7.61. The van der Waals surface area contributed by atoms with E-state index >= 15 is 0 Å². The van der Waals surface area contributed by atoms with Crippen LogP contribution in [0.15, 0.2) is 10.4 Å². The highest BCUT2D eigenvalue weighted by Crippen LogP contribution is 2.18. The molecule has 7 heteroatoms. The van der Waals surface area contributed by atoms with E-state index in [9.17, 15) is 0 Å². The lowest BCUT2D eigenvalue weighted by Gasteiger charge is -2.20. The van der Waals surface area contributed by atoms with Gasteiger partial charge in [0, 0.05) is 32.6 Å². The van der Waals surface area contributed by atoms with Crippen LogP contribution in [0, 0.1) is 0 Å². The van der Waals surface area contributed by atoms with E-state index < -0.39 is 0 Å². The molecule has 1 aromatic heterocycles. The van der Waals surface area contributed by atoms with Crippen LogP contribution in [0.5, 0.6) is 0 Å². The Kier molecular flexibility index (Phi) is 9.04. The Morgan fingerprint density at radius 3 is 2.64 bits per heavy atom. The first-order valence-electron chi connectivity index (χ1n) is 9.55. The maximum atomic E-state index is 4.66. The predicted molar refractivity (Wildman–Crippen MR) is 109 cm³/mol. The zero-order valence-corrected chi connectivity index (χ0v) is 16.9. The van der Waals surface area contributed by atoms with E-state index in [4.69, 9.17) is 0 Å². The Morgan fingerprint density at radius 1 is 1.24 bits per heavy atom. The molecule has 0 aliphatic carbocycles. The van der Waals surface area contributed by atoms with E-state index in [0.29, 0.717) is 6.54 Å². The van der Waals surface area contributed by atoms with Crippen LogP contribution in [0.4, 0.5) is 5.13 Å². The van der Waals surface area contributed by atoms with Gasteiger partial charge in [0.25, 0.3) is 0 Å². The average molecular weight is 367 g/mol. The Hall–Kier alpha value is -1.34. The van der Waals surface area contributed by atoms with Gasteiger partial charge >= 0.3 is 0 Å². The minimum absolute atomic E-state index is 0.617. The fourth-order valence-electron chi connectivity index (χ4n) is 2.95. The number of hydrogen-bond donors (Lipinski definition) is 2. The van der Waals surface area contributed by atoms with Crippen molar-refractivity contribution in [1.82, 2.24) is 20.5 Å². The molecule has 1 fully saturated rings. The van der Waals surface area contributed by atoms with E-state index in [2.05, 4.69) is 37.8 Å². The zero-order valence-electron chi connectivity index (χ0n) is 16.1. The van der Waals surface area contributed by atoms with Crippen molar-refractivity contribution in [3.05, 3.63) is 11.1 Å². The summed E-state index contributed by atoms with van der Waals surface area (Å²) < 4.78 is 0. The molecule has 0 aromatic carbocycles. The van der Waals surface area contributed by atoms with Crippen LogP contribution in [0.25, 0.3) is 0 Å². The number of nitrogens with one attached hydrogen (secondary N) is 2. The zero-order chi connectivity index (χ0) is 17.9. The quantitative estimate of drug-likeness (QED) is 0.421. The number of guanidine groups is 1. The van der Waals surface area contributed by atoms with Crippen molar-refractivity contribution in [2.75, 3.05) is 51.7 Å². The molecular formula is C18H34N6S. The number of thiazole rings is 1. The molecule has 0 bridgehead atoms. The van der Waals surface area contributed by atoms with Gasteiger partial charge in [-0.3, -0.25) is 0 Å². The minimum Gasteiger partial charge on any atom is -0.357 e. The first kappa shape index (κ1) is 20.0. The highest BCUT2D eigenvalue weighted by atomic mass is 32.1. The molecule has 0 radical (unpaired) electrons. The molecule has 2 heterocycles. The van der Waals surface area contributed by atoms with Gasteiger partial charge in [-0.25, -0.2) is 9.98 Å². The van der Waals surface area contributed by atoms with E-state index in [-0.39, 0.29) is 0 Å². The number of aromatic nitrogens is 1. The molecule has 2 rings (SSSR count). The molecule has 25 heavy (non-hydrogen) atoms. The van der Waals surface area contributed by atoms with Gasteiger partial charge in [-0.1, -0.05) is 12.8 Å². The first-order valence-corrected chi connectivity index (χ1v) is 10.4. The molecule has 2 N–H and O–H groups in total. The van der Waals surface area contributed by atoms with Crippen LogP contribution in [0.3, 0.4) is 0 Å². The SMILES string of the molecule is CCNC(=NCc1csc(N(C)C)n1)NCCCN1CCCCCC1. The number of nitrogens with zero attached hydrogens (tertiary/aromatic N) is 4.